The van der Waals surface area contributed by atoms with E-state index < -0.39 is 0 Å². The average Bonchev–Trinajstić information content (AvgIpc) is 3.14. The molecule has 3 atom stereocenters. The second-order valence-corrected chi connectivity index (χ2v) is 7.88. The molecule has 4 rings (SSSR count). The van der Waals surface area contributed by atoms with Crippen molar-refractivity contribution in [1.29, 1.82) is 0 Å². The first-order chi connectivity index (χ1) is 13.0. The van der Waals surface area contributed by atoms with E-state index in [1.165, 1.54) is 0 Å². The van der Waals surface area contributed by atoms with Crippen LogP contribution in [0.1, 0.15) is 42.6 Å². The van der Waals surface area contributed by atoms with Crippen LogP contribution in [0.2, 0.25) is 0 Å². The van der Waals surface area contributed by atoms with Crippen LogP contribution in [0.4, 0.5) is 0 Å². The number of aryl methyl sites for hydroxylation is 1. The van der Waals surface area contributed by atoms with Crippen molar-refractivity contribution in [2.75, 3.05) is 19.7 Å². The van der Waals surface area contributed by atoms with Gasteiger partial charge in [0.15, 0.2) is 0 Å². The Kier molecular flexibility index (Phi) is 4.78. The van der Waals surface area contributed by atoms with Crippen molar-refractivity contribution in [1.82, 2.24) is 14.7 Å². The van der Waals surface area contributed by atoms with Crippen LogP contribution >= 0.6 is 0 Å². The predicted octanol–water partition coefficient (Wildman–Crippen LogP) is 2.98. The van der Waals surface area contributed by atoms with Crippen molar-refractivity contribution in [3.63, 3.8) is 0 Å². The van der Waals surface area contributed by atoms with E-state index in [1.54, 1.807) is 6.20 Å². The van der Waals surface area contributed by atoms with Gasteiger partial charge in [-0.05, 0) is 50.6 Å². The molecule has 3 unspecified atom stereocenters. The zero-order valence-electron chi connectivity index (χ0n) is 16.2. The minimum Gasteiger partial charge on any atom is -0.378 e. The molecule has 27 heavy (non-hydrogen) atoms. The van der Waals surface area contributed by atoms with E-state index in [4.69, 9.17) is 9.47 Å². The molecule has 0 N–H and O–H groups in total. The summed E-state index contributed by atoms with van der Waals surface area (Å²) < 4.78 is 13.8. The van der Waals surface area contributed by atoms with Crippen molar-refractivity contribution in [2.45, 2.75) is 51.4 Å². The van der Waals surface area contributed by atoms with Gasteiger partial charge in [-0.2, -0.15) is 5.10 Å². The molecule has 0 aliphatic carbocycles. The third-order valence-electron chi connectivity index (χ3n) is 5.51. The number of carbonyl (C=O) groups excluding carboxylic acids is 1. The number of morpholine rings is 1. The first-order valence-corrected chi connectivity index (χ1v) is 9.65. The van der Waals surface area contributed by atoms with Gasteiger partial charge in [0.1, 0.15) is 0 Å². The molecule has 0 bridgehead atoms. The van der Waals surface area contributed by atoms with Crippen LogP contribution in [-0.2, 0) is 9.47 Å². The largest absolute Gasteiger partial charge is 0.378 e. The fourth-order valence-corrected chi connectivity index (χ4v) is 4.40. The number of amides is 1. The summed E-state index contributed by atoms with van der Waals surface area (Å²) in [5, 5.41) is 4.28. The highest BCUT2D eigenvalue weighted by Gasteiger charge is 2.44. The Morgan fingerprint density at radius 1 is 1.30 bits per heavy atom. The first-order valence-electron chi connectivity index (χ1n) is 9.65. The molecule has 6 nitrogen and oxygen atoms in total. The first kappa shape index (κ1) is 18.2. The van der Waals surface area contributed by atoms with Crippen LogP contribution in [-0.4, -0.2) is 58.1 Å². The Labute approximate surface area is 160 Å². The van der Waals surface area contributed by atoms with Crippen molar-refractivity contribution in [3.8, 4) is 5.69 Å². The molecule has 0 radical (unpaired) electrons. The van der Waals surface area contributed by atoms with E-state index >= 15 is 0 Å². The molecular formula is C21H27N3O3. The molecule has 2 fully saturated rings. The molecule has 1 aromatic heterocycles. The highest BCUT2D eigenvalue weighted by Crippen LogP contribution is 2.34. The quantitative estimate of drug-likeness (QED) is 0.817. The van der Waals surface area contributed by atoms with Gasteiger partial charge in [0.2, 0.25) is 0 Å². The van der Waals surface area contributed by atoms with Crippen molar-refractivity contribution in [2.24, 2.45) is 0 Å². The van der Waals surface area contributed by atoms with Gasteiger partial charge in [0.25, 0.3) is 5.91 Å². The van der Waals surface area contributed by atoms with Crippen LogP contribution in [0.5, 0.6) is 0 Å². The molecule has 2 aromatic rings. The van der Waals surface area contributed by atoms with E-state index in [0.29, 0.717) is 25.3 Å². The Morgan fingerprint density at radius 3 is 2.85 bits per heavy atom. The average molecular weight is 369 g/mol. The fourth-order valence-electron chi connectivity index (χ4n) is 4.40. The molecule has 0 saturated carbocycles. The maximum Gasteiger partial charge on any atom is 0.254 e. The van der Waals surface area contributed by atoms with E-state index in [2.05, 4.69) is 12.0 Å². The summed E-state index contributed by atoms with van der Waals surface area (Å²) in [5.41, 5.74) is 2.45. The molecule has 1 aromatic carbocycles. The number of carbonyl (C=O) groups is 1. The third-order valence-corrected chi connectivity index (χ3v) is 5.51. The maximum atomic E-state index is 13.2. The maximum absolute atomic E-state index is 13.2. The summed E-state index contributed by atoms with van der Waals surface area (Å²) in [7, 11) is 0. The zero-order valence-corrected chi connectivity index (χ0v) is 16.2. The summed E-state index contributed by atoms with van der Waals surface area (Å²) >= 11 is 0. The lowest BCUT2D eigenvalue weighted by molar-refractivity contribution is -0.189. The third kappa shape index (κ3) is 3.64. The van der Waals surface area contributed by atoms with Gasteiger partial charge < -0.3 is 14.4 Å². The molecule has 2 aliphatic rings. The molecule has 1 spiro atoms. The monoisotopic (exact) mass is 369 g/mol. The van der Waals surface area contributed by atoms with E-state index in [0.717, 1.165) is 24.1 Å². The number of benzene rings is 1. The van der Waals surface area contributed by atoms with E-state index in [1.807, 2.05) is 53.9 Å². The Morgan fingerprint density at radius 2 is 2.15 bits per heavy atom. The SMILES string of the molecule is Cc1cc(C(=O)N2CC(C)OC3(CCOC(C)C3)C2)ccc1-n1cccn1. The smallest absolute Gasteiger partial charge is 0.254 e. The van der Waals surface area contributed by atoms with Gasteiger partial charge in [0, 0.05) is 44.0 Å². The minimum atomic E-state index is -0.283. The normalized spacial score (nSPS) is 28.5. The van der Waals surface area contributed by atoms with Crippen molar-refractivity contribution < 1.29 is 14.3 Å². The van der Waals surface area contributed by atoms with Crippen LogP contribution in [0, 0.1) is 6.92 Å². The fraction of sp³-hybridized carbons (Fsp3) is 0.524. The Bertz CT molecular complexity index is 816. The molecule has 1 amide bonds. The Hall–Kier alpha value is -2.18. The number of hydrogen-bond donors (Lipinski definition) is 0. The molecule has 3 heterocycles. The standard InChI is InChI=1S/C21H27N3O3/c1-15-11-18(5-6-19(15)24-9-4-8-22-24)20(25)23-13-17(3)27-21(14-23)7-10-26-16(2)12-21/h4-6,8-9,11,16-17H,7,10,12-14H2,1-3H3. The lowest BCUT2D eigenvalue weighted by Crippen LogP contribution is -2.59. The Balaban J connectivity index is 1.56. The van der Waals surface area contributed by atoms with Crippen LogP contribution in [0.3, 0.4) is 0 Å². The van der Waals surface area contributed by atoms with Gasteiger partial charge in [-0.3, -0.25) is 4.79 Å². The molecule has 2 saturated heterocycles. The molecular weight excluding hydrogens is 342 g/mol. The lowest BCUT2D eigenvalue weighted by Gasteiger charge is -2.48. The minimum absolute atomic E-state index is 0.0254. The molecule has 2 aliphatic heterocycles. The highest BCUT2D eigenvalue weighted by molar-refractivity contribution is 5.94. The second-order valence-electron chi connectivity index (χ2n) is 7.88. The number of aromatic nitrogens is 2. The topological polar surface area (TPSA) is 56.6 Å². The zero-order chi connectivity index (χ0) is 19.0. The summed E-state index contributed by atoms with van der Waals surface area (Å²) in [5.74, 6) is 0.0683. The van der Waals surface area contributed by atoms with E-state index in [-0.39, 0.29) is 23.7 Å². The van der Waals surface area contributed by atoms with Crippen molar-refractivity contribution in [3.05, 3.63) is 47.8 Å². The van der Waals surface area contributed by atoms with Crippen LogP contribution < -0.4 is 0 Å². The predicted molar refractivity (Wildman–Crippen MR) is 102 cm³/mol. The lowest BCUT2D eigenvalue weighted by atomic mass is 9.88. The molecule has 6 heteroatoms. The number of ether oxygens (including phenoxy) is 2. The number of nitrogens with zero attached hydrogens (tertiary/aromatic N) is 3. The molecule has 144 valence electrons. The second kappa shape index (κ2) is 7.09. The number of hydrogen-bond acceptors (Lipinski definition) is 4. The van der Waals surface area contributed by atoms with Gasteiger partial charge in [-0.25, -0.2) is 4.68 Å². The highest BCUT2D eigenvalue weighted by atomic mass is 16.5. The summed E-state index contributed by atoms with van der Waals surface area (Å²) in [6.07, 6.45) is 5.51. The van der Waals surface area contributed by atoms with E-state index in [9.17, 15) is 4.79 Å². The summed E-state index contributed by atoms with van der Waals surface area (Å²) in [6.45, 7) is 8.07. The van der Waals surface area contributed by atoms with Gasteiger partial charge in [-0.1, -0.05) is 0 Å². The van der Waals surface area contributed by atoms with Gasteiger partial charge >= 0.3 is 0 Å². The van der Waals surface area contributed by atoms with Gasteiger partial charge in [0.05, 0.1) is 30.0 Å². The number of rotatable bonds is 2. The summed E-state index contributed by atoms with van der Waals surface area (Å²) in [6, 6.07) is 7.71. The van der Waals surface area contributed by atoms with Crippen LogP contribution in [0.15, 0.2) is 36.7 Å². The summed E-state index contributed by atoms with van der Waals surface area (Å²) in [4.78, 5) is 15.2. The van der Waals surface area contributed by atoms with Crippen molar-refractivity contribution >= 4 is 5.91 Å². The van der Waals surface area contributed by atoms with Gasteiger partial charge in [-0.15, -0.1) is 0 Å². The van der Waals surface area contributed by atoms with Crippen LogP contribution in [0.25, 0.3) is 5.69 Å².